The first kappa shape index (κ1) is 26.6. The van der Waals surface area contributed by atoms with Crippen molar-refractivity contribution in [3.8, 4) is 11.5 Å². The van der Waals surface area contributed by atoms with E-state index >= 15 is 0 Å². The molecule has 38 heavy (non-hydrogen) atoms. The van der Waals surface area contributed by atoms with Crippen LogP contribution in [0.1, 0.15) is 63.0 Å². The Hall–Kier alpha value is -3.04. The number of fused-ring (bicyclic) bond motifs is 3. The number of nitrogens with zero attached hydrogens (tertiary/aromatic N) is 1. The summed E-state index contributed by atoms with van der Waals surface area (Å²) >= 11 is 0. The van der Waals surface area contributed by atoms with Crippen molar-refractivity contribution in [2.24, 2.45) is 0 Å². The minimum Gasteiger partial charge on any atom is -0.497 e. The number of ether oxygens (including phenoxy) is 5. The molecule has 206 valence electrons. The molecule has 0 bridgehead atoms. The van der Waals surface area contributed by atoms with Gasteiger partial charge in [0.25, 0.3) is 0 Å². The highest BCUT2D eigenvalue weighted by Gasteiger charge is 2.59. The Morgan fingerprint density at radius 3 is 2.68 bits per heavy atom. The Morgan fingerprint density at radius 2 is 1.97 bits per heavy atom. The molecule has 9 heteroatoms. The van der Waals surface area contributed by atoms with Gasteiger partial charge < -0.3 is 28.8 Å². The van der Waals surface area contributed by atoms with Gasteiger partial charge in [0.05, 0.1) is 32.1 Å². The number of carbonyl (C=O) groups excluding carboxylic acids is 2. The maximum absolute atomic E-state index is 13.7. The highest BCUT2D eigenvalue weighted by Crippen LogP contribution is 2.55. The number of benzene rings is 1. The van der Waals surface area contributed by atoms with Crippen LogP contribution in [0.3, 0.4) is 0 Å². The van der Waals surface area contributed by atoms with Crippen LogP contribution in [0.4, 0.5) is 0 Å². The molecule has 1 aliphatic carbocycles. The van der Waals surface area contributed by atoms with E-state index in [2.05, 4.69) is 11.0 Å². The summed E-state index contributed by atoms with van der Waals surface area (Å²) in [6.45, 7) is 5.83. The molecule has 0 radical (unpaired) electrons. The molecule has 1 saturated heterocycles. The quantitative estimate of drug-likeness (QED) is 0.402. The Labute approximate surface area is 223 Å². The van der Waals surface area contributed by atoms with Crippen LogP contribution in [0.25, 0.3) is 0 Å². The zero-order chi connectivity index (χ0) is 27.1. The lowest BCUT2D eigenvalue weighted by Crippen LogP contribution is -2.49. The maximum Gasteiger partial charge on any atom is 0.339 e. The van der Waals surface area contributed by atoms with E-state index in [9.17, 15) is 14.7 Å². The van der Waals surface area contributed by atoms with E-state index in [0.29, 0.717) is 17.9 Å². The van der Waals surface area contributed by atoms with Crippen LogP contribution < -0.4 is 9.47 Å². The van der Waals surface area contributed by atoms with Crippen LogP contribution in [0.15, 0.2) is 35.6 Å². The summed E-state index contributed by atoms with van der Waals surface area (Å²) in [6.07, 6.45) is 5.92. The SMILES string of the molecule is COC(=O)CC(O)(CCC=C(C)C)C(=O)OC1C(OC)=CC23CCCN2CCc2cc4c(cc2C13)OCO4. The van der Waals surface area contributed by atoms with Crippen molar-refractivity contribution in [1.29, 1.82) is 0 Å². The summed E-state index contributed by atoms with van der Waals surface area (Å²) in [5.41, 5.74) is 0.772. The van der Waals surface area contributed by atoms with Gasteiger partial charge in [0.2, 0.25) is 6.79 Å². The molecule has 1 aromatic carbocycles. The average Bonchev–Trinajstić information content (AvgIpc) is 3.57. The second-order valence-electron chi connectivity index (χ2n) is 10.9. The smallest absolute Gasteiger partial charge is 0.339 e. The van der Waals surface area contributed by atoms with Crippen LogP contribution in [0.2, 0.25) is 0 Å². The number of rotatable bonds is 8. The minimum atomic E-state index is -2.04. The van der Waals surface area contributed by atoms with Crippen molar-refractivity contribution < 1.29 is 38.4 Å². The average molecular weight is 528 g/mol. The summed E-state index contributed by atoms with van der Waals surface area (Å²) in [5, 5.41) is 11.5. The van der Waals surface area contributed by atoms with Crippen molar-refractivity contribution in [1.82, 2.24) is 4.90 Å². The molecule has 3 aliphatic heterocycles. The fourth-order valence-electron chi connectivity index (χ4n) is 6.49. The van der Waals surface area contributed by atoms with E-state index in [1.165, 1.54) is 7.11 Å². The summed E-state index contributed by atoms with van der Waals surface area (Å²) in [4.78, 5) is 28.4. The van der Waals surface area contributed by atoms with Gasteiger partial charge >= 0.3 is 11.9 Å². The van der Waals surface area contributed by atoms with Gasteiger partial charge in [0.1, 0.15) is 5.76 Å². The minimum absolute atomic E-state index is 0.0298. The topological polar surface area (TPSA) is 104 Å². The number of methoxy groups -OCH3 is 2. The van der Waals surface area contributed by atoms with Gasteiger partial charge in [-0.2, -0.15) is 0 Å². The van der Waals surface area contributed by atoms with E-state index in [1.807, 2.05) is 32.1 Å². The van der Waals surface area contributed by atoms with E-state index in [-0.39, 0.29) is 19.1 Å². The number of aliphatic hydroxyl groups is 1. The third-order valence-corrected chi connectivity index (χ3v) is 8.35. The monoisotopic (exact) mass is 527 g/mol. The molecular weight excluding hydrogens is 490 g/mol. The lowest BCUT2D eigenvalue weighted by atomic mass is 9.77. The van der Waals surface area contributed by atoms with Crippen LogP contribution in [0.5, 0.6) is 11.5 Å². The summed E-state index contributed by atoms with van der Waals surface area (Å²) in [6, 6.07) is 4.04. The highest BCUT2D eigenvalue weighted by atomic mass is 16.7. The Balaban J connectivity index is 1.53. The predicted octanol–water partition coefficient (Wildman–Crippen LogP) is 3.39. The lowest BCUT2D eigenvalue weighted by Gasteiger charge is -2.39. The van der Waals surface area contributed by atoms with Crippen molar-refractivity contribution >= 4 is 11.9 Å². The largest absolute Gasteiger partial charge is 0.497 e. The third-order valence-electron chi connectivity index (χ3n) is 8.35. The van der Waals surface area contributed by atoms with E-state index in [1.54, 1.807) is 7.11 Å². The Bertz CT molecular complexity index is 1170. The first-order chi connectivity index (χ1) is 18.2. The molecule has 5 rings (SSSR count). The number of hydrogen-bond acceptors (Lipinski definition) is 9. The number of carbonyl (C=O) groups is 2. The molecule has 4 aliphatic rings. The fourth-order valence-corrected chi connectivity index (χ4v) is 6.49. The van der Waals surface area contributed by atoms with Gasteiger partial charge in [-0.05, 0) is 81.8 Å². The Morgan fingerprint density at radius 1 is 1.21 bits per heavy atom. The van der Waals surface area contributed by atoms with Crippen molar-refractivity contribution in [2.45, 2.75) is 75.5 Å². The molecule has 1 fully saturated rings. The molecule has 0 amide bonds. The zero-order valence-electron chi connectivity index (χ0n) is 22.6. The molecule has 4 atom stereocenters. The van der Waals surface area contributed by atoms with E-state index in [0.717, 1.165) is 54.8 Å². The van der Waals surface area contributed by atoms with E-state index < -0.39 is 35.6 Å². The molecule has 3 heterocycles. The van der Waals surface area contributed by atoms with Crippen molar-refractivity contribution in [3.05, 3.63) is 46.7 Å². The maximum atomic E-state index is 13.7. The lowest BCUT2D eigenvalue weighted by molar-refractivity contribution is -0.178. The number of allylic oxidation sites excluding steroid dienone is 2. The van der Waals surface area contributed by atoms with E-state index in [4.69, 9.17) is 23.7 Å². The van der Waals surface area contributed by atoms with Gasteiger partial charge in [-0.25, -0.2) is 4.79 Å². The van der Waals surface area contributed by atoms with Gasteiger partial charge in [-0.3, -0.25) is 9.69 Å². The Kier molecular flexibility index (Phi) is 7.17. The fraction of sp³-hybridized carbons (Fsp3) is 0.586. The molecule has 9 nitrogen and oxygen atoms in total. The van der Waals surface area contributed by atoms with Crippen molar-refractivity contribution in [3.63, 3.8) is 0 Å². The van der Waals surface area contributed by atoms with Gasteiger partial charge in [-0.1, -0.05) is 11.6 Å². The third kappa shape index (κ3) is 4.56. The van der Waals surface area contributed by atoms with Crippen LogP contribution in [-0.2, 0) is 30.2 Å². The molecular formula is C29H37NO8. The van der Waals surface area contributed by atoms with Crippen LogP contribution in [-0.4, -0.2) is 73.3 Å². The summed E-state index contributed by atoms with van der Waals surface area (Å²) < 4.78 is 28.2. The zero-order valence-corrected chi connectivity index (χ0v) is 22.6. The highest BCUT2D eigenvalue weighted by molar-refractivity contribution is 5.86. The van der Waals surface area contributed by atoms with Crippen molar-refractivity contribution in [2.75, 3.05) is 34.1 Å². The molecule has 1 aromatic rings. The van der Waals surface area contributed by atoms with Crippen LogP contribution >= 0.6 is 0 Å². The normalized spacial score (nSPS) is 26.7. The predicted molar refractivity (Wildman–Crippen MR) is 138 cm³/mol. The van der Waals surface area contributed by atoms with Crippen LogP contribution in [0, 0.1) is 0 Å². The molecule has 0 saturated carbocycles. The number of esters is 2. The summed E-state index contributed by atoms with van der Waals surface area (Å²) in [5.74, 6) is 0.137. The molecule has 1 spiro atoms. The first-order valence-corrected chi connectivity index (χ1v) is 13.3. The first-order valence-electron chi connectivity index (χ1n) is 13.3. The standard InChI is InChI=1S/C29H37NO8/c1-18(2)7-5-10-29(33,16-24(31)35-4)27(32)38-26-23(34-3)15-28-9-6-11-30(28)12-8-19-13-21-22(37-17-36-21)14-20(19)25(26)28/h7,13-15,25-26,33H,5-6,8-12,16-17H2,1-4H3. The second kappa shape index (κ2) is 10.3. The van der Waals surface area contributed by atoms with Gasteiger partial charge in [-0.15, -0.1) is 0 Å². The second-order valence-corrected chi connectivity index (χ2v) is 10.9. The van der Waals surface area contributed by atoms with Gasteiger partial charge in [0.15, 0.2) is 23.2 Å². The summed E-state index contributed by atoms with van der Waals surface area (Å²) in [7, 11) is 2.81. The molecule has 0 aromatic heterocycles. The number of hydrogen-bond donors (Lipinski definition) is 1. The molecule has 1 N–H and O–H groups in total. The van der Waals surface area contributed by atoms with Gasteiger partial charge in [0, 0.05) is 6.54 Å². The molecule has 4 unspecified atom stereocenters.